The Morgan fingerprint density at radius 2 is 0.966 bits per heavy atom. The van der Waals surface area contributed by atoms with Crippen LogP contribution >= 0.6 is 20.8 Å². The molecular formula is C27H50BrP. The molecule has 0 aliphatic carbocycles. The van der Waals surface area contributed by atoms with Gasteiger partial charge in [0.1, 0.15) is 0 Å². The van der Waals surface area contributed by atoms with Crippen LogP contribution in [0.15, 0.2) is 30.3 Å². The summed E-state index contributed by atoms with van der Waals surface area (Å²) in [5.74, 6) is 0. The van der Waals surface area contributed by atoms with Gasteiger partial charge >= 0.3 is 153 Å². The Labute approximate surface area is 191 Å². The van der Waals surface area contributed by atoms with Crippen LogP contribution in [0.2, 0.25) is 0 Å². The van der Waals surface area contributed by atoms with Gasteiger partial charge < -0.3 is 0 Å². The number of halogens is 1. The molecular weight excluding hydrogens is 435 g/mol. The fourth-order valence-electron chi connectivity index (χ4n) is 4.37. The van der Waals surface area contributed by atoms with Crippen LogP contribution in [0.1, 0.15) is 115 Å². The van der Waals surface area contributed by atoms with Gasteiger partial charge in [0.2, 0.25) is 0 Å². The molecule has 0 nitrogen and oxygen atoms in total. The average molecular weight is 486 g/mol. The van der Waals surface area contributed by atoms with E-state index >= 15 is 0 Å². The Hall–Kier alpha value is 0.130. The summed E-state index contributed by atoms with van der Waals surface area (Å²) in [5, 5.41) is -1.71. The van der Waals surface area contributed by atoms with Crippen molar-refractivity contribution >= 4 is 20.8 Å². The van der Waals surface area contributed by atoms with Gasteiger partial charge in [0.25, 0.3) is 0 Å². The van der Waals surface area contributed by atoms with Crippen LogP contribution in [0.5, 0.6) is 0 Å². The predicted molar refractivity (Wildman–Crippen MR) is 142 cm³/mol. The maximum atomic E-state index is 4.20. The van der Waals surface area contributed by atoms with Gasteiger partial charge in [-0.1, -0.05) is 39.0 Å². The van der Waals surface area contributed by atoms with Crippen LogP contribution in [-0.4, -0.2) is 19.5 Å². The molecule has 170 valence electrons. The van der Waals surface area contributed by atoms with Crippen molar-refractivity contribution in [1.29, 1.82) is 0 Å². The summed E-state index contributed by atoms with van der Waals surface area (Å²) in [6, 6.07) is 11.0. The van der Waals surface area contributed by atoms with Gasteiger partial charge in [-0.05, 0) is 0 Å². The summed E-state index contributed by atoms with van der Waals surface area (Å²) >= 11 is 4.20. The normalized spacial score (nSPS) is 13.3. The molecule has 29 heavy (non-hydrogen) atoms. The molecule has 2 heteroatoms. The zero-order valence-corrected chi connectivity index (χ0v) is 22.4. The Kier molecular flexibility index (Phi) is 14.9. The zero-order chi connectivity index (χ0) is 21.3. The van der Waals surface area contributed by atoms with Crippen LogP contribution in [0, 0.1) is 0 Å². The third kappa shape index (κ3) is 16.5. The van der Waals surface area contributed by atoms with Crippen molar-refractivity contribution in [3.8, 4) is 0 Å². The number of benzene rings is 1. The first-order chi connectivity index (χ1) is 13.9. The summed E-state index contributed by atoms with van der Waals surface area (Å²) in [4.78, 5) is 0. The molecule has 0 fully saturated rings. The summed E-state index contributed by atoms with van der Waals surface area (Å²) in [7, 11) is 0. The maximum absolute atomic E-state index is 4.20. The number of unbranched alkanes of at least 4 members (excludes halogenated alkanes) is 15. The average Bonchev–Trinajstić information content (AvgIpc) is 2.67. The molecule has 0 radical (unpaired) electrons. The Balaban J connectivity index is 1.90. The second-order valence-electron chi connectivity index (χ2n) is 10.2. The Bertz CT molecular complexity index is 488. The van der Waals surface area contributed by atoms with Crippen LogP contribution in [0.3, 0.4) is 0 Å². The van der Waals surface area contributed by atoms with Gasteiger partial charge in [-0.25, -0.2) is 0 Å². The minimum atomic E-state index is -1.71. The fraction of sp³-hybridized carbons (Fsp3) is 0.778. The van der Waals surface area contributed by atoms with Crippen LogP contribution in [-0.2, 0) is 6.16 Å². The van der Waals surface area contributed by atoms with Crippen LogP contribution < -0.4 is 0 Å². The molecule has 0 atom stereocenters. The van der Waals surface area contributed by atoms with E-state index in [9.17, 15) is 0 Å². The molecule has 0 N–H and O–H groups in total. The van der Waals surface area contributed by atoms with Gasteiger partial charge in [0.15, 0.2) is 0 Å². The molecule has 0 unspecified atom stereocenters. The van der Waals surface area contributed by atoms with Gasteiger partial charge in [-0.15, -0.1) is 0 Å². The molecule has 0 amide bonds. The second-order valence-corrected chi connectivity index (χ2v) is 23.2. The van der Waals surface area contributed by atoms with Crippen molar-refractivity contribution in [1.82, 2.24) is 0 Å². The van der Waals surface area contributed by atoms with E-state index in [4.69, 9.17) is 0 Å². The molecule has 0 spiro atoms. The molecule has 1 aromatic carbocycles. The first kappa shape index (κ1) is 27.2. The van der Waals surface area contributed by atoms with Crippen molar-refractivity contribution in [3.63, 3.8) is 0 Å². The molecule has 0 saturated carbocycles. The van der Waals surface area contributed by atoms with Crippen LogP contribution in [0.4, 0.5) is 0 Å². The van der Waals surface area contributed by atoms with E-state index in [1.807, 2.05) is 0 Å². The first-order valence-electron chi connectivity index (χ1n) is 12.7. The van der Waals surface area contributed by atoms with Gasteiger partial charge in [0.05, 0.1) is 0 Å². The summed E-state index contributed by atoms with van der Waals surface area (Å²) < 4.78 is 0. The molecule has 0 heterocycles. The summed E-state index contributed by atoms with van der Waals surface area (Å²) in [6.45, 7) is 7.31. The third-order valence-electron chi connectivity index (χ3n) is 6.21. The summed E-state index contributed by atoms with van der Waals surface area (Å²) in [6.07, 6.45) is 25.8. The fourth-order valence-corrected chi connectivity index (χ4v) is 8.69. The molecule has 1 rings (SSSR count). The number of hydrogen-bond acceptors (Lipinski definition) is 0. The minimum absolute atomic E-state index is 1.23. The van der Waals surface area contributed by atoms with Crippen molar-refractivity contribution in [2.75, 3.05) is 19.5 Å². The topological polar surface area (TPSA) is 0 Å². The van der Waals surface area contributed by atoms with Gasteiger partial charge in [-0.2, -0.15) is 0 Å². The molecule has 1 aromatic rings. The van der Waals surface area contributed by atoms with Gasteiger partial charge in [0, 0.05) is 0 Å². The van der Waals surface area contributed by atoms with E-state index in [0.717, 1.165) is 0 Å². The SMILES string of the molecule is CCCCCCCCCCCCCCCCCCP(C)(C)(Br)Cc1ccccc1. The molecule has 0 aliphatic heterocycles. The van der Waals surface area contributed by atoms with Crippen molar-refractivity contribution in [3.05, 3.63) is 35.9 Å². The predicted octanol–water partition coefficient (Wildman–Crippen LogP) is 10.6. The van der Waals surface area contributed by atoms with E-state index < -0.39 is 5.31 Å². The Morgan fingerprint density at radius 1 is 0.586 bits per heavy atom. The quantitative estimate of drug-likeness (QED) is 0.135. The third-order valence-corrected chi connectivity index (χ3v) is 11.1. The van der Waals surface area contributed by atoms with Crippen molar-refractivity contribution in [2.24, 2.45) is 0 Å². The second kappa shape index (κ2) is 15.9. The van der Waals surface area contributed by atoms with Gasteiger partial charge in [-0.3, -0.25) is 0 Å². The van der Waals surface area contributed by atoms with Crippen molar-refractivity contribution < 1.29 is 0 Å². The van der Waals surface area contributed by atoms with E-state index in [2.05, 4.69) is 66.1 Å². The van der Waals surface area contributed by atoms with E-state index in [-0.39, 0.29) is 0 Å². The van der Waals surface area contributed by atoms with E-state index in [1.165, 1.54) is 121 Å². The summed E-state index contributed by atoms with van der Waals surface area (Å²) in [5.41, 5.74) is 1.49. The zero-order valence-electron chi connectivity index (χ0n) is 19.9. The molecule has 0 aromatic heterocycles. The first-order valence-corrected chi connectivity index (χ1v) is 18.2. The molecule has 0 saturated heterocycles. The van der Waals surface area contributed by atoms with E-state index in [0.29, 0.717) is 0 Å². The van der Waals surface area contributed by atoms with Crippen LogP contribution in [0.25, 0.3) is 0 Å². The standard InChI is InChI=1S/C27H50BrP/c1-4-5-6-7-8-9-10-11-12-13-14-15-16-17-18-22-25-29(2,3,28)26-27-23-20-19-21-24-27/h19-21,23-24H,4-18,22,25-26H2,1-3H3. The molecule has 0 bridgehead atoms. The molecule has 0 aliphatic rings. The van der Waals surface area contributed by atoms with E-state index in [1.54, 1.807) is 0 Å². The number of hydrogen-bond donors (Lipinski definition) is 0. The number of rotatable bonds is 19. The van der Waals surface area contributed by atoms with Crippen molar-refractivity contribution in [2.45, 2.75) is 116 Å². The Morgan fingerprint density at radius 3 is 1.38 bits per heavy atom. The monoisotopic (exact) mass is 484 g/mol.